The molecule has 0 radical (unpaired) electrons. The maximum absolute atomic E-state index is 12.0. The predicted octanol–water partition coefficient (Wildman–Crippen LogP) is 5.47. The number of rotatable bonds is 2. The Bertz CT molecular complexity index is 601. The van der Waals surface area contributed by atoms with Gasteiger partial charge in [0, 0.05) is 20.3 Å². The Kier molecular flexibility index (Phi) is 4.83. The number of carbonyl (C=O) groups is 1. The lowest BCUT2D eigenvalue weighted by Gasteiger charge is -2.12. The summed E-state index contributed by atoms with van der Waals surface area (Å²) in [5, 5.41) is 5.69. The molecule has 3 nitrogen and oxygen atoms in total. The third-order valence-corrected chi connectivity index (χ3v) is 3.86. The maximum atomic E-state index is 12.0. The minimum atomic E-state index is -0.249. The first kappa shape index (κ1) is 15.1. The molecule has 0 unspecified atom stereocenters. The van der Waals surface area contributed by atoms with Gasteiger partial charge in [-0.2, -0.15) is 0 Å². The van der Waals surface area contributed by atoms with E-state index in [-0.39, 0.29) is 6.03 Å². The van der Waals surface area contributed by atoms with E-state index < -0.39 is 0 Å². The van der Waals surface area contributed by atoms with Crippen LogP contribution in [0.2, 0.25) is 0 Å². The average Bonchev–Trinajstić information content (AvgIpc) is 2.36. The SMILES string of the molecule is Cc1cc(Br)ccc1NC(=O)Nc1ccc(Br)cc1C. The molecule has 104 valence electrons. The van der Waals surface area contributed by atoms with Gasteiger partial charge in [-0.3, -0.25) is 0 Å². The van der Waals surface area contributed by atoms with Crippen molar-refractivity contribution >= 4 is 49.3 Å². The Balaban J connectivity index is 2.09. The summed E-state index contributed by atoms with van der Waals surface area (Å²) in [5.74, 6) is 0. The summed E-state index contributed by atoms with van der Waals surface area (Å²) in [6.07, 6.45) is 0. The van der Waals surface area contributed by atoms with Crippen molar-refractivity contribution in [3.05, 3.63) is 56.5 Å². The summed E-state index contributed by atoms with van der Waals surface area (Å²) in [6, 6.07) is 11.2. The van der Waals surface area contributed by atoms with Crippen molar-refractivity contribution in [2.24, 2.45) is 0 Å². The van der Waals surface area contributed by atoms with Crippen LogP contribution >= 0.6 is 31.9 Å². The van der Waals surface area contributed by atoms with Gasteiger partial charge in [0.25, 0.3) is 0 Å². The van der Waals surface area contributed by atoms with Crippen LogP contribution in [0.5, 0.6) is 0 Å². The second kappa shape index (κ2) is 6.41. The molecular weight excluding hydrogens is 384 g/mol. The summed E-state index contributed by atoms with van der Waals surface area (Å²) in [7, 11) is 0. The fourth-order valence-corrected chi connectivity index (χ4v) is 2.76. The van der Waals surface area contributed by atoms with Crippen molar-refractivity contribution in [2.45, 2.75) is 13.8 Å². The fourth-order valence-electron chi connectivity index (χ4n) is 1.81. The Labute approximate surface area is 135 Å². The molecule has 2 aromatic carbocycles. The highest BCUT2D eigenvalue weighted by molar-refractivity contribution is 9.10. The van der Waals surface area contributed by atoms with Gasteiger partial charge in [0.05, 0.1) is 0 Å². The molecule has 5 heteroatoms. The zero-order valence-corrected chi connectivity index (χ0v) is 14.3. The molecule has 0 saturated heterocycles. The van der Waals surface area contributed by atoms with Gasteiger partial charge in [0.2, 0.25) is 0 Å². The summed E-state index contributed by atoms with van der Waals surface area (Å²) in [5.41, 5.74) is 3.59. The summed E-state index contributed by atoms with van der Waals surface area (Å²) in [6.45, 7) is 3.90. The normalized spacial score (nSPS) is 10.2. The van der Waals surface area contributed by atoms with E-state index in [9.17, 15) is 4.79 Å². The third kappa shape index (κ3) is 3.84. The molecular formula is C15H14Br2N2O. The fraction of sp³-hybridized carbons (Fsp3) is 0.133. The molecule has 0 aliphatic heterocycles. The molecule has 2 aromatic rings. The third-order valence-electron chi connectivity index (χ3n) is 2.87. The molecule has 2 amide bonds. The Morgan fingerprint density at radius 1 is 0.850 bits per heavy atom. The van der Waals surface area contributed by atoms with E-state index in [1.807, 2.05) is 50.2 Å². The first-order valence-corrected chi connectivity index (χ1v) is 7.64. The lowest BCUT2D eigenvalue weighted by Crippen LogP contribution is -2.20. The standard InChI is InChI=1S/C15H14Br2N2O/c1-9-7-11(16)3-5-13(9)18-15(20)19-14-6-4-12(17)8-10(14)2/h3-8H,1-2H3,(H2,18,19,20). The van der Waals surface area contributed by atoms with Crippen LogP contribution in [0.25, 0.3) is 0 Å². The van der Waals surface area contributed by atoms with Gasteiger partial charge in [-0.1, -0.05) is 31.9 Å². The number of amides is 2. The number of nitrogens with one attached hydrogen (secondary N) is 2. The number of halogens is 2. The molecule has 0 aliphatic rings. The highest BCUT2D eigenvalue weighted by Gasteiger charge is 2.07. The highest BCUT2D eigenvalue weighted by atomic mass is 79.9. The quantitative estimate of drug-likeness (QED) is 0.692. The zero-order chi connectivity index (χ0) is 14.7. The van der Waals surface area contributed by atoms with Crippen LogP contribution < -0.4 is 10.6 Å². The van der Waals surface area contributed by atoms with Crippen LogP contribution in [0.15, 0.2) is 45.3 Å². The van der Waals surface area contributed by atoms with Crippen molar-refractivity contribution < 1.29 is 4.79 Å². The van der Waals surface area contributed by atoms with Crippen molar-refractivity contribution in [1.29, 1.82) is 0 Å². The van der Waals surface area contributed by atoms with Crippen LogP contribution in [0, 0.1) is 13.8 Å². The van der Waals surface area contributed by atoms with Crippen LogP contribution in [0.4, 0.5) is 16.2 Å². The number of hydrogen-bond donors (Lipinski definition) is 2. The van der Waals surface area contributed by atoms with E-state index in [1.165, 1.54) is 0 Å². The zero-order valence-electron chi connectivity index (χ0n) is 11.1. The van der Waals surface area contributed by atoms with Crippen molar-refractivity contribution in [3.8, 4) is 0 Å². The molecule has 0 spiro atoms. The monoisotopic (exact) mass is 396 g/mol. The number of urea groups is 1. The molecule has 2 rings (SSSR count). The number of benzene rings is 2. The van der Waals surface area contributed by atoms with E-state index >= 15 is 0 Å². The molecule has 0 aromatic heterocycles. The van der Waals surface area contributed by atoms with Gasteiger partial charge in [-0.25, -0.2) is 4.79 Å². The molecule has 0 atom stereocenters. The number of anilines is 2. The van der Waals surface area contributed by atoms with Crippen molar-refractivity contribution in [2.75, 3.05) is 10.6 Å². The molecule has 0 saturated carbocycles. The summed E-state index contributed by atoms with van der Waals surface area (Å²) >= 11 is 6.80. The lowest BCUT2D eigenvalue weighted by molar-refractivity contribution is 0.262. The second-order valence-electron chi connectivity index (χ2n) is 4.50. The van der Waals surface area contributed by atoms with Crippen LogP contribution in [0.3, 0.4) is 0 Å². The Morgan fingerprint density at radius 3 is 1.60 bits per heavy atom. The van der Waals surface area contributed by atoms with Crippen molar-refractivity contribution in [1.82, 2.24) is 0 Å². The largest absolute Gasteiger partial charge is 0.323 e. The van der Waals surface area contributed by atoms with Gasteiger partial charge in [0.15, 0.2) is 0 Å². The van der Waals surface area contributed by atoms with Crippen LogP contribution in [0.1, 0.15) is 11.1 Å². The molecule has 0 bridgehead atoms. The average molecular weight is 398 g/mol. The minimum absolute atomic E-state index is 0.249. The smallest absolute Gasteiger partial charge is 0.307 e. The second-order valence-corrected chi connectivity index (χ2v) is 6.33. The number of aryl methyl sites for hydroxylation is 2. The molecule has 2 N–H and O–H groups in total. The first-order chi connectivity index (χ1) is 9.45. The van der Waals surface area contributed by atoms with Gasteiger partial charge in [-0.15, -0.1) is 0 Å². The molecule has 0 fully saturated rings. The van der Waals surface area contributed by atoms with Gasteiger partial charge < -0.3 is 10.6 Å². The summed E-state index contributed by atoms with van der Waals surface area (Å²) in [4.78, 5) is 12.0. The van der Waals surface area contributed by atoms with E-state index in [0.29, 0.717) is 0 Å². The van der Waals surface area contributed by atoms with Gasteiger partial charge in [0.1, 0.15) is 0 Å². The highest BCUT2D eigenvalue weighted by Crippen LogP contribution is 2.22. The molecule has 0 heterocycles. The molecule has 20 heavy (non-hydrogen) atoms. The molecule has 0 aliphatic carbocycles. The topological polar surface area (TPSA) is 41.1 Å². The Hall–Kier alpha value is -1.33. The minimum Gasteiger partial charge on any atom is -0.307 e. The van der Waals surface area contributed by atoms with E-state index in [1.54, 1.807) is 0 Å². The lowest BCUT2D eigenvalue weighted by atomic mass is 10.2. The number of hydrogen-bond acceptors (Lipinski definition) is 1. The van der Waals surface area contributed by atoms with Crippen LogP contribution in [-0.2, 0) is 0 Å². The maximum Gasteiger partial charge on any atom is 0.323 e. The van der Waals surface area contributed by atoms with Gasteiger partial charge in [-0.05, 0) is 61.4 Å². The van der Waals surface area contributed by atoms with Gasteiger partial charge >= 0.3 is 6.03 Å². The number of carbonyl (C=O) groups excluding carboxylic acids is 1. The summed E-state index contributed by atoms with van der Waals surface area (Å²) < 4.78 is 1.98. The predicted molar refractivity (Wildman–Crippen MR) is 90.4 cm³/mol. The van der Waals surface area contributed by atoms with Crippen LogP contribution in [-0.4, -0.2) is 6.03 Å². The van der Waals surface area contributed by atoms with E-state index in [4.69, 9.17) is 0 Å². The van der Waals surface area contributed by atoms with Crippen molar-refractivity contribution in [3.63, 3.8) is 0 Å². The Morgan fingerprint density at radius 2 is 1.25 bits per heavy atom. The van der Waals surface area contributed by atoms with E-state index in [2.05, 4.69) is 42.5 Å². The van der Waals surface area contributed by atoms with E-state index in [0.717, 1.165) is 31.4 Å². The first-order valence-electron chi connectivity index (χ1n) is 6.06.